The van der Waals surface area contributed by atoms with Crippen LogP contribution in [0.25, 0.3) is 0 Å². The first-order valence-electron chi connectivity index (χ1n) is 6.35. The number of benzene rings is 1. The molecular weight excluding hydrogens is 246 g/mol. The van der Waals surface area contributed by atoms with Crippen LogP contribution >= 0.6 is 11.8 Å². The fourth-order valence-corrected chi connectivity index (χ4v) is 3.06. The van der Waals surface area contributed by atoms with Crippen LogP contribution in [0.15, 0.2) is 29.2 Å². The Morgan fingerprint density at radius 1 is 1.39 bits per heavy atom. The van der Waals surface area contributed by atoms with E-state index in [1.54, 1.807) is 7.11 Å². The van der Waals surface area contributed by atoms with Crippen molar-refractivity contribution in [3.05, 3.63) is 24.3 Å². The molecule has 1 saturated carbocycles. The van der Waals surface area contributed by atoms with Gasteiger partial charge in [-0.3, -0.25) is 4.79 Å². The summed E-state index contributed by atoms with van der Waals surface area (Å²) in [6.07, 6.45) is 4.74. The van der Waals surface area contributed by atoms with E-state index in [-0.39, 0.29) is 5.91 Å². The number of ether oxygens (including phenoxy) is 1. The van der Waals surface area contributed by atoms with Gasteiger partial charge in [0, 0.05) is 10.9 Å². The third-order valence-corrected chi connectivity index (χ3v) is 4.20. The number of rotatable bonds is 5. The minimum Gasteiger partial charge on any atom is -0.496 e. The molecule has 1 aliphatic carbocycles. The zero-order valence-corrected chi connectivity index (χ0v) is 11.5. The minimum atomic E-state index is 0.123. The van der Waals surface area contributed by atoms with Crippen LogP contribution in [0.1, 0.15) is 25.7 Å². The summed E-state index contributed by atoms with van der Waals surface area (Å²) >= 11 is 1.53. The second kappa shape index (κ2) is 6.69. The average molecular weight is 265 g/mol. The van der Waals surface area contributed by atoms with Gasteiger partial charge in [-0.25, -0.2) is 0 Å². The van der Waals surface area contributed by atoms with Crippen molar-refractivity contribution in [3.8, 4) is 5.75 Å². The zero-order chi connectivity index (χ0) is 12.8. The Balaban J connectivity index is 1.81. The lowest BCUT2D eigenvalue weighted by Crippen LogP contribution is -2.33. The molecule has 0 unspecified atom stereocenters. The second-order valence-corrected chi connectivity index (χ2v) is 5.51. The second-order valence-electron chi connectivity index (χ2n) is 4.49. The van der Waals surface area contributed by atoms with Crippen LogP contribution in [0.5, 0.6) is 5.75 Å². The van der Waals surface area contributed by atoms with Gasteiger partial charge in [0.05, 0.1) is 12.9 Å². The first kappa shape index (κ1) is 13.3. The Bertz CT molecular complexity index is 403. The largest absolute Gasteiger partial charge is 0.496 e. The molecule has 0 aromatic heterocycles. The van der Waals surface area contributed by atoms with E-state index in [0.717, 1.165) is 23.5 Å². The fourth-order valence-electron chi connectivity index (χ4n) is 2.22. The Labute approximate surface area is 112 Å². The molecule has 2 rings (SSSR count). The smallest absolute Gasteiger partial charge is 0.230 e. The average Bonchev–Trinajstić information content (AvgIpc) is 2.89. The quantitative estimate of drug-likeness (QED) is 0.832. The van der Waals surface area contributed by atoms with Crippen LogP contribution in [0.2, 0.25) is 0 Å². The molecule has 1 aliphatic rings. The van der Waals surface area contributed by atoms with Crippen molar-refractivity contribution >= 4 is 17.7 Å². The summed E-state index contributed by atoms with van der Waals surface area (Å²) in [6, 6.07) is 8.18. The van der Waals surface area contributed by atoms with E-state index < -0.39 is 0 Å². The van der Waals surface area contributed by atoms with Crippen LogP contribution in [-0.4, -0.2) is 24.8 Å². The lowest BCUT2D eigenvalue weighted by molar-refractivity contribution is -0.119. The van der Waals surface area contributed by atoms with Gasteiger partial charge in [0.15, 0.2) is 0 Å². The van der Waals surface area contributed by atoms with Gasteiger partial charge in [0.2, 0.25) is 5.91 Å². The highest BCUT2D eigenvalue weighted by molar-refractivity contribution is 8.00. The molecule has 1 aromatic rings. The van der Waals surface area contributed by atoms with Gasteiger partial charge >= 0.3 is 0 Å². The fraction of sp³-hybridized carbons (Fsp3) is 0.500. The molecule has 0 aliphatic heterocycles. The summed E-state index contributed by atoms with van der Waals surface area (Å²) in [7, 11) is 1.65. The van der Waals surface area contributed by atoms with E-state index in [2.05, 4.69) is 5.32 Å². The number of para-hydroxylation sites is 1. The summed E-state index contributed by atoms with van der Waals surface area (Å²) in [4.78, 5) is 12.8. The van der Waals surface area contributed by atoms with Crippen molar-refractivity contribution < 1.29 is 9.53 Å². The summed E-state index contributed by atoms with van der Waals surface area (Å²) in [5, 5.41) is 3.09. The van der Waals surface area contributed by atoms with Crippen molar-refractivity contribution in [2.75, 3.05) is 12.9 Å². The monoisotopic (exact) mass is 265 g/mol. The molecular formula is C14H19NO2S. The predicted octanol–water partition coefficient (Wildman–Crippen LogP) is 2.85. The molecule has 0 radical (unpaired) electrons. The number of methoxy groups -OCH3 is 1. The topological polar surface area (TPSA) is 38.3 Å². The zero-order valence-electron chi connectivity index (χ0n) is 10.6. The minimum absolute atomic E-state index is 0.123. The molecule has 1 fully saturated rings. The molecule has 1 aromatic carbocycles. The molecule has 0 spiro atoms. The van der Waals surface area contributed by atoms with Crippen LogP contribution in [0.3, 0.4) is 0 Å². The van der Waals surface area contributed by atoms with E-state index in [4.69, 9.17) is 4.74 Å². The van der Waals surface area contributed by atoms with Crippen LogP contribution in [0.4, 0.5) is 0 Å². The maximum absolute atomic E-state index is 11.8. The molecule has 0 atom stereocenters. The Kier molecular flexibility index (Phi) is 4.93. The molecule has 0 saturated heterocycles. The van der Waals surface area contributed by atoms with Gasteiger partial charge in [0.1, 0.15) is 5.75 Å². The van der Waals surface area contributed by atoms with Gasteiger partial charge in [-0.05, 0) is 25.0 Å². The van der Waals surface area contributed by atoms with E-state index >= 15 is 0 Å². The van der Waals surface area contributed by atoms with Gasteiger partial charge < -0.3 is 10.1 Å². The van der Waals surface area contributed by atoms with E-state index in [1.807, 2.05) is 24.3 Å². The maximum Gasteiger partial charge on any atom is 0.230 e. The van der Waals surface area contributed by atoms with Crippen molar-refractivity contribution in [3.63, 3.8) is 0 Å². The standard InChI is InChI=1S/C14H19NO2S/c1-17-12-8-4-5-9-13(12)18-10-14(16)15-11-6-2-3-7-11/h4-5,8-9,11H,2-3,6-7,10H2,1H3,(H,15,16). The molecule has 4 heteroatoms. The molecule has 98 valence electrons. The van der Waals surface area contributed by atoms with Gasteiger partial charge in [-0.15, -0.1) is 11.8 Å². The SMILES string of the molecule is COc1ccccc1SCC(=O)NC1CCCC1. The number of thioether (sulfide) groups is 1. The predicted molar refractivity (Wildman–Crippen MR) is 74.1 cm³/mol. The van der Waals surface area contributed by atoms with Crippen molar-refractivity contribution in [1.82, 2.24) is 5.32 Å². The summed E-state index contributed by atoms with van der Waals surface area (Å²) in [6.45, 7) is 0. The number of nitrogens with one attached hydrogen (secondary N) is 1. The van der Waals surface area contributed by atoms with Gasteiger partial charge in [0.25, 0.3) is 0 Å². The van der Waals surface area contributed by atoms with Gasteiger partial charge in [-0.2, -0.15) is 0 Å². The number of hydrogen-bond donors (Lipinski definition) is 1. The molecule has 0 bridgehead atoms. The van der Waals surface area contributed by atoms with Crippen LogP contribution in [-0.2, 0) is 4.79 Å². The molecule has 0 heterocycles. The Hall–Kier alpha value is -1.16. The van der Waals surface area contributed by atoms with Crippen LogP contribution in [0, 0.1) is 0 Å². The molecule has 3 nitrogen and oxygen atoms in total. The first-order valence-corrected chi connectivity index (χ1v) is 7.33. The highest BCUT2D eigenvalue weighted by atomic mass is 32.2. The molecule has 1 amide bonds. The number of amides is 1. The Morgan fingerprint density at radius 2 is 2.11 bits per heavy atom. The third-order valence-electron chi connectivity index (χ3n) is 3.15. The molecule has 1 N–H and O–H groups in total. The first-order chi connectivity index (χ1) is 8.79. The van der Waals surface area contributed by atoms with Crippen molar-refractivity contribution in [2.24, 2.45) is 0 Å². The normalized spacial score (nSPS) is 15.6. The molecule has 18 heavy (non-hydrogen) atoms. The van der Waals surface area contributed by atoms with Crippen molar-refractivity contribution in [2.45, 2.75) is 36.6 Å². The highest BCUT2D eigenvalue weighted by Gasteiger charge is 2.17. The lowest BCUT2D eigenvalue weighted by Gasteiger charge is -2.12. The summed E-state index contributed by atoms with van der Waals surface area (Å²) in [5.74, 6) is 1.41. The van der Waals surface area contributed by atoms with Crippen LogP contribution < -0.4 is 10.1 Å². The number of hydrogen-bond acceptors (Lipinski definition) is 3. The lowest BCUT2D eigenvalue weighted by atomic mass is 10.2. The number of carbonyl (C=O) groups is 1. The van der Waals surface area contributed by atoms with E-state index in [1.165, 1.54) is 24.6 Å². The highest BCUT2D eigenvalue weighted by Crippen LogP contribution is 2.28. The third kappa shape index (κ3) is 3.67. The van der Waals surface area contributed by atoms with E-state index in [0.29, 0.717) is 11.8 Å². The van der Waals surface area contributed by atoms with E-state index in [9.17, 15) is 4.79 Å². The summed E-state index contributed by atoms with van der Waals surface area (Å²) < 4.78 is 5.26. The number of carbonyl (C=O) groups excluding carboxylic acids is 1. The Morgan fingerprint density at radius 3 is 2.83 bits per heavy atom. The van der Waals surface area contributed by atoms with Gasteiger partial charge in [-0.1, -0.05) is 25.0 Å². The van der Waals surface area contributed by atoms with Crippen molar-refractivity contribution in [1.29, 1.82) is 0 Å². The summed E-state index contributed by atoms with van der Waals surface area (Å²) in [5.41, 5.74) is 0. The maximum atomic E-state index is 11.8.